The number of aromatic amines is 1. The average Bonchev–Trinajstić information content (AvgIpc) is 2.22. The van der Waals surface area contributed by atoms with E-state index in [-0.39, 0.29) is 11.6 Å². The second-order valence-corrected chi connectivity index (χ2v) is 5.92. The van der Waals surface area contributed by atoms with Gasteiger partial charge in [0.1, 0.15) is 5.82 Å². The molecule has 0 amide bonds. The fourth-order valence-corrected chi connectivity index (χ4v) is 2.70. The van der Waals surface area contributed by atoms with E-state index in [0.717, 1.165) is 17.8 Å². The highest BCUT2D eigenvalue weighted by molar-refractivity contribution is 5.20. The first kappa shape index (κ1) is 13.3. The summed E-state index contributed by atoms with van der Waals surface area (Å²) in [6.45, 7) is 9.03. The van der Waals surface area contributed by atoms with Crippen molar-refractivity contribution in [1.82, 2.24) is 15.3 Å². The maximum absolute atomic E-state index is 12.0. The second kappa shape index (κ2) is 4.84. The van der Waals surface area contributed by atoms with Crippen molar-refractivity contribution in [2.45, 2.75) is 53.0 Å². The fourth-order valence-electron chi connectivity index (χ4n) is 2.70. The molecule has 1 heterocycles. The van der Waals surface area contributed by atoms with E-state index in [4.69, 9.17) is 0 Å². The highest BCUT2D eigenvalue weighted by Crippen LogP contribution is 2.39. The first-order valence-electron chi connectivity index (χ1n) is 6.72. The molecule has 1 atom stereocenters. The van der Waals surface area contributed by atoms with Crippen molar-refractivity contribution in [2.24, 2.45) is 5.41 Å². The first-order chi connectivity index (χ1) is 8.41. The van der Waals surface area contributed by atoms with Crippen LogP contribution in [0.25, 0.3) is 0 Å². The molecule has 1 aliphatic rings. The van der Waals surface area contributed by atoms with Crippen molar-refractivity contribution in [3.05, 3.63) is 27.4 Å². The van der Waals surface area contributed by atoms with Gasteiger partial charge in [-0.1, -0.05) is 13.3 Å². The normalized spacial score (nSPS) is 19.3. The Morgan fingerprint density at radius 2 is 2.11 bits per heavy atom. The summed E-state index contributed by atoms with van der Waals surface area (Å²) in [7, 11) is 0. The van der Waals surface area contributed by atoms with Crippen molar-refractivity contribution >= 4 is 0 Å². The summed E-state index contributed by atoms with van der Waals surface area (Å²) in [6, 6.07) is 0.0549. The third kappa shape index (κ3) is 2.64. The number of aromatic nitrogens is 2. The minimum absolute atomic E-state index is 0.0150. The monoisotopic (exact) mass is 249 g/mol. The predicted octanol–water partition coefficient (Wildman–Crippen LogP) is 2.23. The molecular weight excluding hydrogens is 226 g/mol. The van der Waals surface area contributed by atoms with Crippen LogP contribution in [0.5, 0.6) is 0 Å². The molecule has 0 radical (unpaired) electrons. The molecule has 0 saturated heterocycles. The number of nitrogens with one attached hydrogen (secondary N) is 2. The van der Waals surface area contributed by atoms with Crippen molar-refractivity contribution in [2.75, 3.05) is 6.54 Å². The molecule has 4 nitrogen and oxygen atoms in total. The van der Waals surface area contributed by atoms with Crippen LogP contribution in [0, 0.1) is 19.3 Å². The van der Waals surface area contributed by atoms with E-state index >= 15 is 0 Å². The standard InChI is InChI=1S/C14H23N3O/c1-9(15-8-14(4)6-5-7-14)12-10(2)16-11(3)17-13(12)18/h9,15H,5-8H2,1-4H3,(H,16,17,18). The van der Waals surface area contributed by atoms with E-state index < -0.39 is 0 Å². The summed E-state index contributed by atoms with van der Waals surface area (Å²) in [6.07, 6.45) is 3.90. The molecular formula is C14H23N3O. The van der Waals surface area contributed by atoms with Gasteiger partial charge in [0.05, 0.1) is 5.56 Å². The minimum Gasteiger partial charge on any atom is -0.310 e. The van der Waals surface area contributed by atoms with Gasteiger partial charge >= 0.3 is 0 Å². The quantitative estimate of drug-likeness (QED) is 0.860. The number of rotatable bonds is 4. The Morgan fingerprint density at radius 1 is 1.44 bits per heavy atom. The molecule has 2 rings (SSSR count). The van der Waals surface area contributed by atoms with E-state index in [1.54, 1.807) is 0 Å². The van der Waals surface area contributed by atoms with Gasteiger partial charge in [0, 0.05) is 18.3 Å². The summed E-state index contributed by atoms with van der Waals surface area (Å²) >= 11 is 0. The zero-order valence-electron chi connectivity index (χ0n) is 11.8. The summed E-state index contributed by atoms with van der Waals surface area (Å²) in [5.41, 5.74) is 2.00. The van der Waals surface area contributed by atoms with Crippen LogP contribution in [-0.4, -0.2) is 16.5 Å². The summed E-state index contributed by atoms with van der Waals surface area (Å²) in [5.74, 6) is 0.680. The molecule has 2 N–H and O–H groups in total. The van der Waals surface area contributed by atoms with Gasteiger partial charge in [0.2, 0.25) is 0 Å². The Hall–Kier alpha value is -1.16. The Balaban J connectivity index is 2.09. The van der Waals surface area contributed by atoms with Gasteiger partial charge < -0.3 is 10.3 Å². The Labute approximate surface area is 108 Å². The van der Waals surface area contributed by atoms with E-state index in [1.807, 2.05) is 20.8 Å². The van der Waals surface area contributed by atoms with E-state index in [2.05, 4.69) is 22.2 Å². The van der Waals surface area contributed by atoms with Crippen LogP contribution >= 0.6 is 0 Å². The van der Waals surface area contributed by atoms with Crippen molar-refractivity contribution in [3.63, 3.8) is 0 Å². The van der Waals surface area contributed by atoms with E-state index in [9.17, 15) is 4.79 Å². The summed E-state index contributed by atoms with van der Waals surface area (Å²) in [5, 5.41) is 3.48. The molecule has 0 spiro atoms. The largest absolute Gasteiger partial charge is 0.310 e. The minimum atomic E-state index is -0.0150. The number of hydrogen-bond acceptors (Lipinski definition) is 3. The Morgan fingerprint density at radius 3 is 2.61 bits per heavy atom. The lowest BCUT2D eigenvalue weighted by Gasteiger charge is -2.39. The van der Waals surface area contributed by atoms with Gasteiger partial charge in [-0.05, 0) is 39.0 Å². The molecule has 100 valence electrons. The average molecular weight is 249 g/mol. The molecule has 0 aliphatic heterocycles. The van der Waals surface area contributed by atoms with Crippen LogP contribution in [0.15, 0.2) is 4.79 Å². The lowest BCUT2D eigenvalue weighted by Crippen LogP contribution is -2.39. The smallest absolute Gasteiger partial charge is 0.255 e. The Kier molecular flexibility index (Phi) is 3.57. The van der Waals surface area contributed by atoms with Gasteiger partial charge in [-0.15, -0.1) is 0 Å². The molecule has 1 unspecified atom stereocenters. The highest BCUT2D eigenvalue weighted by atomic mass is 16.1. The second-order valence-electron chi connectivity index (χ2n) is 5.92. The maximum Gasteiger partial charge on any atom is 0.255 e. The van der Waals surface area contributed by atoms with Crippen LogP contribution in [0.4, 0.5) is 0 Å². The van der Waals surface area contributed by atoms with Gasteiger partial charge in [-0.2, -0.15) is 0 Å². The Bertz CT molecular complexity index is 488. The summed E-state index contributed by atoms with van der Waals surface area (Å²) in [4.78, 5) is 19.1. The molecule has 18 heavy (non-hydrogen) atoms. The summed E-state index contributed by atoms with van der Waals surface area (Å²) < 4.78 is 0. The van der Waals surface area contributed by atoms with E-state index in [1.165, 1.54) is 19.3 Å². The van der Waals surface area contributed by atoms with Crippen molar-refractivity contribution in [3.8, 4) is 0 Å². The van der Waals surface area contributed by atoms with Gasteiger partial charge in [-0.3, -0.25) is 4.79 Å². The molecule has 0 aromatic carbocycles. The number of H-pyrrole nitrogens is 1. The number of hydrogen-bond donors (Lipinski definition) is 2. The van der Waals surface area contributed by atoms with E-state index in [0.29, 0.717) is 11.2 Å². The maximum atomic E-state index is 12.0. The highest BCUT2D eigenvalue weighted by Gasteiger charge is 2.32. The molecule has 1 aliphatic carbocycles. The zero-order valence-corrected chi connectivity index (χ0v) is 11.8. The fraction of sp³-hybridized carbons (Fsp3) is 0.714. The number of nitrogens with zero attached hydrogens (tertiary/aromatic N) is 1. The third-order valence-corrected chi connectivity index (χ3v) is 4.09. The molecule has 1 aromatic heterocycles. The number of aryl methyl sites for hydroxylation is 2. The SMILES string of the molecule is Cc1nc(C)c(C(C)NCC2(C)CCC2)c(=O)[nH]1. The molecule has 4 heteroatoms. The van der Waals surface area contributed by atoms with Crippen LogP contribution in [0.3, 0.4) is 0 Å². The molecule has 0 bridgehead atoms. The first-order valence-corrected chi connectivity index (χ1v) is 6.72. The molecule has 1 saturated carbocycles. The predicted molar refractivity (Wildman–Crippen MR) is 72.7 cm³/mol. The third-order valence-electron chi connectivity index (χ3n) is 4.09. The molecule has 1 fully saturated rings. The van der Waals surface area contributed by atoms with Gasteiger partial charge in [-0.25, -0.2) is 4.98 Å². The van der Waals surface area contributed by atoms with Gasteiger partial charge in [0.25, 0.3) is 5.56 Å². The van der Waals surface area contributed by atoms with Crippen LogP contribution < -0.4 is 10.9 Å². The molecule has 1 aromatic rings. The van der Waals surface area contributed by atoms with Crippen LogP contribution in [0.1, 0.15) is 56.2 Å². The topological polar surface area (TPSA) is 57.8 Å². The lowest BCUT2D eigenvalue weighted by molar-refractivity contribution is 0.152. The van der Waals surface area contributed by atoms with Crippen molar-refractivity contribution < 1.29 is 0 Å². The van der Waals surface area contributed by atoms with Crippen LogP contribution in [0.2, 0.25) is 0 Å². The van der Waals surface area contributed by atoms with Crippen molar-refractivity contribution in [1.29, 1.82) is 0 Å². The zero-order chi connectivity index (χ0) is 13.3. The lowest BCUT2D eigenvalue weighted by atomic mass is 9.70. The van der Waals surface area contributed by atoms with Crippen LogP contribution in [-0.2, 0) is 0 Å². The van der Waals surface area contributed by atoms with Gasteiger partial charge in [0.15, 0.2) is 0 Å².